The minimum absolute atomic E-state index is 0.553. The molecule has 1 saturated carbocycles. The number of H-pyrrole nitrogens is 1. The number of rotatable bonds is 5. The van der Waals surface area contributed by atoms with Crippen LogP contribution in [0.5, 0.6) is 0 Å². The zero-order valence-corrected chi connectivity index (χ0v) is 11.3. The third-order valence-corrected chi connectivity index (χ3v) is 3.19. The first-order valence-corrected chi connectivity index (χ1v) is 6.73. The van der Waals surface area contributed by atoms with Crippen molar-refractivity contribution in [2.24, 2.45) is 0 Å². The van der Waals surface area contributed by atoms with Gasteiger partial charge in [-0.25, -0.2) is 15.0 Å². The van der Waals surface area contributed by atoms with Crippen molar-refractivity contribution in [2.45, 2.75) is 25.2 Å². The molecule has 94 valence electrons. The zero-order valence-electron chi connectivity index (χ0n) is 9.73. The average Bonchev–Trinajstić information content (AvgIpc) is 3.08. The molecule has 2 aromatic rings. The van der Waals surface area contributed by atoms with Crippen molar-refractivity contribution >= 4 is 21.7 Å². The first-order chi connectivity index (χ1) is 8.81. The van der Waals surface area contributed by atoms with Crippen LogP contribution in [0.25, 0.3) is 0 Å². The fraction of sp³-hybridized carbons (Fsp3) is 0.455. The molecule has 0 bridgehead atoms. The number of aromatic amines is 1. The van der Waals surface area contributed by atoms with Gasteiger partial charge in [-0.05, 0) is 28.8 Å². The summed E-state index contributed by atoms with van der Waals surface area (Å²) in [6.45, 7) is 0.767. The van der Waals surface area contributed by atoms with Crippen LogP contribution < -0.4 is 5.32 Å². The lowest BCUT2D eigenvalue weighted by molar-refractivity contribution is 0.878. The van der Waals surface area contributed by atoms with Crippen LogP contribution in [0.3, 0.4) is 0 Å². The Morgan fingerprint density at radius 1 is 1.39 bits per heavy atom. The Labute approximate surface area is 113 Å². The Morgan fingerprint density at radius 3 is 3.00 bits per heavy atom. The van der Waals surface area contributed by atoms with E-state index in [-0.39, 0.29) is 0 Å². The first-order valence-electron chi connectivity index (χ1n) is 5.94. The molecule has 1 aliphatic rings. The number of hydrogen-bond donors (Lipinski definition) is 2. The predicted octanol–water partition coefficient (Wildman–Crippen LogP) is 1.89. The summed E-state index contributed by atoms with van der Waals surface area (Å²) in [5, 5.41) is 9.92. The molecule has 0 unspecified atom stereocenters. The van der Waals surface area contributed by atoms with Crippen LogP contribution in [0.4, 0.5) is 5.82 Å². The fourth-order valence-corrected chi connectivity index (χ4v) is 2.11. The molecular formula is C11H13BrN6. The maximum Gasteiger partial charge on any atom is 0.137 e. The van der Waals surface area contributed by atoms with Crippen molar-refractivity contribution < 1.29 is 0 Å². The second kappa shape index (κ2) is 5.01. The predicted molar refractivity (Wildman–Crippen MR) is 70.3 cm³/mol. The summed E-state index contributed by atoms with van der Waals surface area (Å²) in [5.41, 5.74) is 0. The van der Waals surface area contributed by atoms with Crippen molar-refractivity contribution in [1.82, 2.24) is 25.1 Å². The molecule has 3 rings (SSSR count). The van der Waals surface area contributed by atoms with Crippen molar-refractivity contribution in [3.63, 3.8) is 0 Å². The summed E-state index contributed by atoms with van der Waals surface area (Å²) >= 11 is 3.42. The van der Waals surface area contributed by atoms with Gasteiger partial charge in [0.1, 0.15) is 28.4 Å². The maximum absolute atomic E-state index is 4.52. The van der Waals surface area contributed by atoms with Crippen molar-refractivity contribution in [3.05, 3.63) is 28.6 Å². The highest BCUT2D eigenvalue weighted by molar-refractivity contribution is 9.10. The highest BCUT2D eigenvalue weighted by atomic mass is 79.9. The van der Waals surface area contributed by atoms with Crippen LogP contribution in [-0.2, 0) is 6.42 Å². The van der Waals surface area contributed by atoms with Gasteiger partial charge in [0.15, 0.2) is 0 Å². The lowest BCUT2D eigenvalue weighted by Gasteiger charge is -2.06. The standard InChI is InChI=1S/C11H13BrN6/c12-8-5-10(17-11(16-8)7-1-2-7)13-4-3-9-14-6-15-18-9/h5-7H,1-4H2,(H,13,16,17)(H,14,15,18). The second-order valence-corrected chi connectivity index (χ2v) is 5.13. The maximum atomic E-state index is 4.52. The van der Waals surface area contributed by atoms with Gasteiger partial charge in [-0.2, -0.15) is 5.10 Å². The highest BCUT2D eigenvalue weighted by Gasteiger charge is 2.27. The monoisotopic (exact) mass is 308 g/mol. The molecule has 0 spiro atoms. The van der Waals surface area contributed by atoms with Crippen molar-refractivity contribution in [3.8, 4) is 0 Å². The van der Waals surface area contributed by atoms with Crippen LogP contribution in [-0.4, -0.2) is 31.7 Å². The molecule has 1 fully saturated rings. The van der Waals surface area contributed by atoms with Crippen LogP contribution in [0.15, 0.2) is 17.0 Å². The largest absolute Gasteiger partial charge is 0.369 e. The Balaban J connectivity index is 1.61. The molecule has 0 atom stereocenters. The highest BCUT2D eigenvalue weighted by Crippen LogP contribution is 2.38. The van der Waals surface area contributed by atoms with Crippen molar-refractivity contribution in [1.29, 1.82) is 0 Å². The smallest absolute Gasteiger partial charge is 0.137 e. The molecule has 2 heterocycles. The van der Waals surface area contributed by atoms with Crippen LogP contribution in [0.1, 0.15) is 30.4 Å². The molecule has 6 nitrogen and oxygen atoms in total. The molecule has 2 aromatic heterocycles. The van der Waals surface area contributed by atoms with Crippen LogP contribution in [0.2, 0.25) is 0 Å². The van der Waals surface area contributed by atoms with E-state index in [2.05, 4.69) is 46.4 Å². The molecule has 0 amide bonds. The van der Waals surface area contributed by atoms with E-state index in [1.807, 2.05) is 6.07 Å². The molecule has 18 heavy (non-hydrogen) atoms. The lowest BCUT2D eigenvalue weighted by Crippen LogP contribution is -2.09. The van der Waals surface area contributed by atoms with Gasteiger partial charge in [-0.1, -0.05) is 0 Å². The topological polar surface area (TPSA) is 79.4 Å². The van der Waals surface area contributed by atoms with E-state index in [0.29, 0.717) is 5.92 Å². The quantitative estimate of drug-likeness (QED) is 0.825. The van der Waals surface area contributed by atoms with E-state index in [1.54, 1.807) is 0 Å². The Hall–Kier alpha value is -1.50. The third-order valence-electron chi connectivity index (χ3n) is 2.79. The molecule has 0 saturated heterocycles. The van der Waals surface area contributed by atoms with Gasteiger partial charge in [-0.15, -0.1) is 0 Å². The minimum Gasteiger partial charge on any atom is -0.369 e. The van der Waals surface area contributed by atoms with Gasteiger partial charge in [0, 0.05) is 24.9 Å². The summed E-state index contributed by atoms with van der Waals surface area (Å²) < 4.78 is 0.835. The summed E-state index contributed by atoms with van der Waals surface area (Å²) in [7, 11) is 0. The number of halogens is 1. The SMILES string of the molecule is Brc1cc(NCCc2ncn[nH]2)nc(C2CC2)n1. The summed E-state index contributed by atoms with van der Waals surface area (Å²) in [6.07, 6.45) is 4.71. The summed E-state index contributed by atoms with van der Waals surface area (Å²) in [4.78, 5) is 13.0. The van der Waals surface area contributed by atoms with E-state index in [0.717, 1.165) is 35.0 Å². The first kappa shape index (κ1) is 11.6. The van der Waals surface area contributed by atoms with E-state index in [4.69, 9.17) is 0 Å². The number of nitrogens with zero attached hydrogens (tertiary/aromatic N) is 4. The summed E-state index contributed by atoms with van der Waals surface area (Å²) in [6, 6.07) is 1.90. The molecule has 1 aliphatic carbocycles. The molecule has 0 aliphatic heterocycles. The van der Waals surface area contributed by atoms with Gasteiger partial charge < -0.3 is 5.32 Å². The van der Waals surface area contributed by atoms with Gasteiger partial charge in [0.05, 0.1) is 0 Å². The van der Waals surface area contributed by atoms with Crippen LogP contribution >= 0.6 is 15.9 Å². The van der Waals surface area contributed by atoms with E-state index >= 15 is 0 Å². The number of aromatic nitrogens is 5. The number of hydrogen-bond acceptors (Lipinski definition) is 5. The van der Waals surface area contributed by atoms with Gasteiger partial charge in [-0.3, -0.25) is 5.10 Å². The Morgan fingerprint density at radius 2 is 2.28 bits per heavy atom. The third kappa shape index (κ3) is 2.84. The van der Waals surface area contributed by atoms with Gasteiger partial charge >= 0.3 is 0 Å². The number of nitrogens with one attached hydrogen (secondary N) is 2. The normalized spacial score (nSPS) is 14.7. The lowest BCUT2D eigenvalue weighted by atomic mass is 10.3. The minimum atomic E-state index is 0.553. The van der Waals surface area contributed by atoms with Crippen molar-refractivity contribution in [2.75, 3.05) is 11.9 Å². The fourth-order valence-electron chi connectivity index (χ4n) is 1.71. The summed E-state index contributed by atoms with van der Waals surface area (Å²) in [5.74, 6) is 3.22. The Bertz CT molecular complexity index is 522. The molecule has 0 radical (unpaired) electrons. The van der Waals surface area contributed by atoms with Crippen LogP contribution in [0, 0.1) is 0 Å². The second-order valence-electron chi connectivity index (χ2n) is 4.32. The van der Waals surface area contributed by atoms with E-state index in [1.165, 1.54) is 19.2 Å². The van der Waals surface area contributed by atoms with E-state index < -0.39 is 0 Å². The zero-order chi connectivity index (χ0) is 12.4. The van der Waals surface area contributed by atoms with E-state index in [9.17, 15) is 0 Å². The average molecular weight is 309 g/mol. The Kier molecular flexibility index (Phi) is 3.22. The molecular weight excluding hydrogens is 296 g/mol. The van der Waals surface area contributed by atoms with Gasteiger partial charge in [0.25, 0.3) is 0 Å². The molecule has 7 heteroatoms. The molecule has 2 N–H and O–H groups in total. The van der Waals surface area contributed by atoms with Gasteiger partial charge in [0.2, 0.25) is 0 Å². The number of anilines is 1. The molecule has 0 aromatic carbocycles.